The van der Waals surface area contributed by atoms with E-state index < -0.39 is 18.9 Å². The third-order valence-corrected chi connectivity index (χ3v) is 4.22. The topological polar surface area (TPSA) is 102 Å². The van der Waals surface area contributed by atoms with Crippen LogP contribution < -0.4 is 14.2 Å². The van der Waals surface area contributed by atoms with Crippen molar-refractivity contribution in [2.45, 2.75) is 38.9 Å². The van der Waals surface area contributed by atoms with Crippen LogP contribution in [0.25, 0.3) is 0 Å². The van der Waals surface area contributed by atoms with Gasteiger partial charge in [-0.2, -0.15) is 0 Å². The van der Waals surface area contributed by atoms with Gasteiger partial charge in [0, 0.05) is 18.9 Å². The van der Waals surface area contributed by atoms with Gasteiger partial charge in [0.15, 0.2) is 6.61 Å². The van der Waals surface area contributed by atoms with Gasteiger partial charge in [0.05, 0.1) is 0 Å². The largest absolute Gasteiger partial charge is 0.482 e. The molecule has 0 bridgehead atoms. The minimum atomic E-state index is -1.04. The van der Waals surface area contributed by atoms with Crippen molar-refractivity contribution in [3.63, 3.8) is 0 Å². The molecule has 7 nitrogen and oxygen atoms in total. The van der Waals surface area contributed by atoms with Crippen molar-refractivity contribution in [2.75, 3.05) is 13.2 Å². The minimum Gasteiger partial charge on any atom is -0.482 e. The number of hydrogen-bond donors (Lipinski definition) is 2. The molecule has 156 valence electrons. The first kappa shape index (κ1) is 22.2. The Morgan fingerprint density at radius 2 is 1.66 bits per heavy atom. The third-order valence-electron chi connectivity index (χ3n) is 4.22. The Hall–Kier alpha value is -3.06. The average molecular weight is 402 g/mol. The fraction of sp³-hybridized carbons (Fsp3) is 0.364. The Morgan fingerprint density at radius 3 is 2.24 bits per heavy atom. The van der Waals surface area contributed by atoms with Gasteiger partial charge in [-0.05, 0) is 55.3 Å². The standard InChI is InChI=1S/C22H26O7/c1-3-22(28-18-9-7-17(8-10-18)27-14-21(25)26)29-19-6-4-5-16(13-19)20(11-12-23)15(2)24/h4-10,13,20,22-23H,3,11-12,14H2,1-2H3,(H,25,26). The summed E-state index contributed by atoms with van der Waals surface area (Å²) >= 11 is 0. The molecule has 0 fully saturated rings. The van der Waals surface area contributed by atoms with Crippen molar-refractivity contribution in [3.8, 4) is 17.2 Å². The molecular weight excluding hydrogens is 376 g/mol. The van der Waals surface area contributed by atoms with Crippen LogP contribution in [0.2, 0.25) is 0 Å². The Labute approximate surface area is 169 Å². The second-order valence-electron chi connectivity index (χ2n) is 6.48. The Kier molecular flexibility index (Phi) is 8.48. The van der Waals surface area contributed by atoms with Crippen molar-refractivity contribution in [1.82, 2.24) is 0 Å². The van der Waals surface area contributed by atoms with E-state index in [4.69, 9.17) is 19.3 Å². The first-order valence-electron chi connectivity index (χ1n) is 9.42. The zero-order chi connectivity index (χ0) is 21.2. The molecule has 2 unspecified atom stereocenters. The second-order valence-corrected chi connectivity index (χ2v) is 6.48. The smallest absolute Gasteiger partial charge is 0.341 e. The lowest BCUT2D eigenvalue weighted by Gasteiger charge is -2.20. The fourth-order valence-corrected chi connectivity index (χ4v) is 2.79. The molecule has 0 saturated heterocycles. The summed E-state index contributed by atoms with van der Waals surface area (Å²) < 4.78 is 16.9. The Bertz CT molecular complexity index is 801. The van der Waals surface area contributed by atoms with Gasteiger partial charge in [-0.15, -0.1) is 0 Å². The summed E-state index contributed by atoms with van der Waals surface area (Å²) in [5, 5.41) is 17.8. The lowest BCUT2D eigenvalue weighted by atomic mass is 9.92. The highest BCUT2D eigenvalue weighted by Crippen LogP contribution is 2.26. The minimum absolute atomic E-state index is 0.00954. The number of ether oxygens (including phenoxy) is 3. The summed E-state index contributed by atoms with van der Waals surface area (Å²) in [5.41, 5.74) is 0.791. The number of aliphatic hydroxyl groups excluding tert-OH is 1. The quantitative estimate of drug-likeness (QED) is 0.525. The highest BCUT2D eigenvalue weighted by Gasteiger charge is 2.18. The fourth-order valence-electron chi connectivity index (χ4n) is 2.79. The molecule has 2 rings (SSSR count). The Morgan fingerprint density at radius 1 is 1.00 bits per heavy atom. The van der Waals surface area contributed by atoms with Crippen LogP contribution in [-0.2, 0) is 9.59 Å². The van der Waals surface area contributed by atoms with E-state index in [1.165, 1.54) is 6.92 Å². The van der Waals surface area contributed by atoms with Crippen LogP contribution in [0.1, 0.15) is 38.2 Å². The van der Waals surface area contributed by atoms with E-state index in [0.29, 0.717) is 30.1 Å². The number of carboxylic acid groups (broad SMARTS) is 1. The molecule has 0 aromatic heterocycles. The average Bonchev–Trinajstić information content (AvgIpc) is 2.70. The van der Waals surface area contributed by atoms with E-state index in [9.17, 15) is 14.7 Å². The van der Waals surface area contributed by atoms with Gasteiger partial charge in [-0.1, -0.05) is 19.1 Å². The lowest BCUT2D eigenvalue weighted by Crippen LogP contribution is -2.23. The monoisotopic (exact) mass is 402 g/mol. The number of aliphatic carboxylic acids is 1. The summed E-state index contributed by atoms with van der Waals surface area (Å²) in [6.45, 7) is 2.95. The number of rotatable bonds is 12. The van der Waals surface area contributed by atoms with Crippen molar-refractivity contribution < 1.29 is 34.0 Å². The zero-order valence-electron chi connectivity index (χ0n) is 16.5. The van der Waals surface area contributed by atoms with E-state index in [0.717, 1.165) is 5.56 Å². The molecule has 0 spiro atoms. The van der Waals surface area contributed by atoms with Crippen LogP contribution in [0.4, 0.5) is 0 Å². The van der Waals surface area contributed by atoms with Gasteiger partial charge < -0.3 is 24.4 Å². The van der Waals surface area contributed by atoms with Crippen LogP contribution in [0.5, 0.6) is 17.2 Å². The van der Waals surface area contributed by atoms with Gasteiger partial charge in [0.2, 0.25) is 6.29 Å². The number of carbonyl (C=O) groups is 2. The number of benzene rings is 2. The van der Waals surface area contributed by atoms with Crippen molar-refractivity contribution in [3.05, 3.63) is 54.1 Å². The molecule has 29 heavy (non-hydrogen) atoms. The summed E-state index contributed by atoms with van der Waals surface area (Å²) in [4.78, 5) is 22.4. The van der Waals surface area contributed by atoms with Crippen molar-refractivity contribution in [1.29, 1.82) is 0 Å². The summed E-state index contributed by atoms with van der Waals surface area (Å²) in [6, 6.07) is 13.8. The zero-order valence-corrected chi connectivity index (χ0v) is 16.5. The molecule has 0 aliphatic carbocycles. The van der Waals surface area contributed by atoms with Gasteiger partial charge >= 0.3 is 5.97 Å². The van der Waals surface area contributed by atoms with Gasteiger partial charge in [0.1, 0.15) is 23.0 Å². The molecule has 0 amide bonds. The molecule has 0 aliphatic rings. The second kappa shape index (κ2) is 11.1. The number of carboxylic acids is 1. The molecule has 0 saturated carbocycles. The lowest BCUT2D eigenvalue weighted by molar-refractivity contribution is -0.139. The van der Waals surface area contributed by atoms with Gasteiger partial charge in [-0.3, -0.25) is 4.79 Å². The first-order valence-corrected chi connectivity index (χ1v) is 9.42. The predicted octanol–water partition coefficient (Wildman–Crippen LogP) is 3.40. The molecule has 2 N–H and O–H groups in total. The molecule has 2 aromatic carbocycles. The number of carbonyl (C=O) groups excluding carboxylic acids is 1. The highest BCUT2D eigenvalue weighted by atomic mass is 16.7. The van der Waals surface area contributed by atoms with E-state index in [1.54, 1.807) is 42.5 Å². The van der Waals surface area contributed by atoms with E-state index in [-0.39, 0.29) is 18.3 Å². The summed E-state index contributed by atoms with van der Waals surface area (Å²) in [5.74, 6) is 0.128. The third kappa shape index (κ3) is 7.12. The molecule has 2 aromatic rings. The van der Waals surface area contributed by atoms with Crippen LogP contribution in [0.3, 0.4) is 0 Å². The maximum Gasteiger partial charge on any atom is 0.341 e. The maximum atomic E-state index is 11.9. The maximum absolute atomic E-state index is 11.9. The molecule has 2 atom stereocenters. The molecular formula is C22H26O7. The van der Waals surface area contributed by atoms with Crippen LogP contribution in [0, 0.1) is 0 Å². The van der Waals surface area contributed by atoms with E-state index in [2.05, 4.69) is 0 Å². The van der Waals surface area contributed by atoms with Gasteiger partial charge in [0.25, 0.3) is 0 Å². The van der Waals surface area contributed by atoms with Crippen LogP contribution >= 0.6 is 0 Å². The van der Waals surface area contributed by atoms with E-state index >= 15 is 0 Å². The molecule has 0 aliphatic heterocycles. The van der Waals surface area contributed by atoms with Gasteiger partial charge in [-0.25, -0.2) is 4.79 Å². The van der Waals surface area contributed by atoms with Crippen molar-refractivity contribution in [2.24, 2.45) is 0 Å². The SMILES string of the molecule is CCC(Oc1ccc(OCC(=O)O)cc1)Oc1cccc(C(CCO)C(C)=O)c1. The predicted molar refractivity (Wildman–Crippen MR) is 106 cm³/mol. The molecule has 7 heteroatoms. The molecule has 0 heterocycles. The highest BCUT2D eigenvalue weighted by molar-refractivity contribution is 5.83. The van der Waals surface area contributed by atoms with Crippen LogP contribution in [-0.4, -0.2) is 41.5 Å². The first-order chi connectivity index (χ1) is 13.9. The summed E-state index contributed by atoms with van der Waals surface area (Å²) in [7, 11) is 0. The van der Waals surface area contributed by atoms with Crippen molar-refractivity contribution >= 4 is 11.8 Å². The number of ketones is 1. The van der Waals surface area contributed by atoms with Crippen LogP contribution in [0.15, 0.2) is 48.5 Å². The Balaban J connectivity index is 2.03. The number of Topliss-reactive ketones (excluding diaryl/α,β-unsaturated/α-hetero) is 1. The number of aliphatic hydroxyl groups is 1. The number of hydrogen-bond acceptors (Lipinski definition) is 6. The molecule has 0 radical (unpaired) electrons. The van der Waals surface area contributed by atoms with E-state index in [1.807, 2.05) is 13.0 Å². The summed E-state index contributed by atoms with van der Waals surface area (Å²) in [6.07, 6.45) is 0.390. The normalized spacial score (nSPS) is 12.7.